The predicted molar refractivity (Wildman–Crippen MR) is 123 cm³/mol. The van der Waals surface area contributed by atoms with Crippen LogP contribution in [0.4, 0.5) is 10.5 Å². The molecule has 32 heavy (non-hydrogen) atoms. The Morgan fingerprint density at radius 3 is 2.34 bits per heavy atom. The molecule has 178 valence electrons. The topological polar surface area (TPSA) is 102 Å². The SMILES string of the molecule is CC(=O)N(Cl)[C@@]1(C)C[C@@H](O[Si](C)(C)C(C)(C)C)CN1C(=O)OCc1ccc([N+](=O)[O-])cc1. The Kier molecular flexibility index (Phi) is 7.63. The van der Waals surface area contributed by atoms with Crippen LogP contribution >= 0.6 is 11.8 Å². The molecular weight excluding hydrogens is 454 g/mol. The Bertz CT molecular complexity index is 873. The van der Waals surface area contributed by atoms with Gasteiger partial charge in [0, 0.05) is 37.3 Å². The van der Waals surface area contributed by atoms with Crippen molar-refractivity contribution < 1.29 is 23.7 Å². The Balaban J connectivity index is 2.18. The molecule has 0 N–H and O–H groups in total. The second-order valence-corrected chi connectivity index (χ2v) is 14.9. The van der Waals surface area contributed by atoms with Crippen LogP contribution in [0, 0.1) is 10.1 Å². The summed E-state index contributed by atoms with van der Waals surface area (Å²) in [7, 11) is -2.12. The summed E-state index contributed by atoms with van der Waals surface area (Å²) in [6.07, 6.45) is -0.581. The standard InChI is InChI=1S/C21H32ClN3O6Si/c1-15(26)24(22)21(5)12-18(31-32(6,7)20(2,3)4)13-23(21)19(27)30-14-16-8-10-17(11-9-16)25(28)29/h8-11,18H,12-14H2,1-7H3/t18-,21+/m1/s1. The van der Waals surface area contributed by atoms with Gasteiger partial charge in [0.05, 0.1) is 17.6 Å². The van der Waals surface area contributed by atoms with Crippen LogP contribution in [0.5, 0.6) is 0 Å². The van der Waals surface area contributed by atoms with E-state index in [1.807, 2.05) is 0 Å². The van der Waals surface area contributed by atoms with Crippen LogP contribution in [-0.4, -0.2) is 52.9 Å². The number of likely N-dealkylation sites (tertiary alicyclic amines) is 1. The normalized spacial score (nSPS) is 21.4. The minimum atomic E-state index is -2.12. The molecule has 2 rings (SSSR count). The van der Waals surface area contributed by atoms with Crippen LogP contribution in [0.3, 0.4) is 0 Å². The number of nitro benzene ring substituents is 1. The monoisotopic (exact) mass is 485 g/mol. The molecule has 1 heterocycles. The summed E-state index contributed by atoms with van der Waals surface area (Å²) in [5, 5.41) is 10.8. The third-order valence-corrected chi connectivity index (χ3v) is 11.4. The second-order valence-electron chi connectivity index (χ2n) is 9.81. The van der Waals surface area contributed by atoms with Crippen LogP contribution in [0.2, 0.25) is 18.1 Å². The maximum absolute atomic E-state index is 13.0. The predicted octanol–water partition coefficient (Wildman–Crippen LogP) is 5.05. The molecule has 1 aromatic carbocycles. The van der Waals surface area contributed by atoms with Gasteiger partial charge in [0.1, 0.15) is 12.3 Å². The average molecular weight is 486 g/mol. The fourth-order valence-corrected chi connectivity index (χ4v) is 4.92. The van der Waals surface area contributed by atoms with Crippen LogP contribution in [-0.2, 0) is 20.6 Å². The number of non-ortho nitro benzene ring substituents is 1. The molecule has 0 aromatic heterocycles. The van der Waals surface area contributed by atoms with Crippen molar-refractivity contribution in [2.75, 3.05) is 6.54 Å². The number of ether oxygens (including phenoxy) is 1. The van der Waals surface area contributed by atoms with Gasteiger partial charge in [-0.15, -0.1) is 0 Å². The van der Waals surface area contributed by atoms with Crippen LogP contribution in [0.25, 0.3) is 0 Å². The summed E-state index contributed by atoms with van der Waals surface area (Å²) in [5.74, 6) is -0.393. The number of halogens is 1. The Hall–Kier alpha value is -2.17. The minimum absolute atomic E-state index is 0.0194. The molecule has 2 atom stereocenters. The number of rotatable bonds is 6. The van der Waals surface area contributed by atoms with Crippen molar-refractivity contribution in [2.24, 2.45) is 0 Å². The molecule has 1 aliphatic heterocycles. The summed E-state index contributed by atoms with van der Waals surface area (Å²) < 4.78 is 13.0. The summed E-state index contributed by atoms with van der Waals surface area (Å²) in [6.45, 7) is 13.9. The molecule has 0 spiro atoms. The third kappa shape index (κ3) is 5.60. The first-order chi connectivity index (χ1) is 14.6. The van der Waals surface area contributed by atoms with E-state index in [9.17, 15) is 19.7 Å². The average Bonchev–Trinajstić information content (AvgIpc) is 3.01. The largest absolute Gasteiger partial charge is 0.444 e. The first-order valence-electron chi connectivity index (χ1n) is 10.4. The molecule has 0 unspecified atom stereocenters. The lowest BCUT2D eigenvalue weighted by Gasteiger charge is -2.39. The maximum atomic E-state index is 13.0. The summed E-state index contributed by atoms with van der Waals surface area (Å²) in [6, 6.07) is 5.76. The molecule has 1 fully saturated rings. The van der Waals surface area contributed by atoms with Crippen LogP contribution < -0.4 is 0 Å². The molecule has 2 amide bonds. The quantitative estimate of drug-likeness (QED) is 0.242. The van der Waals surface area contributed by atoms with E-state index in [1.54, 1.807) is 6.92 Å². The van der Waals surface area contributed by atoms with Crippen molar-refractivity contribution in [1.82, 2.24) is 9.32 Å². The van der Waals surface area contributed by atoms with Crippen molar-refractivity contribution >= 4 is 37.8 Å². The van der Waals surface area contributed by atoms with Crippen molar-refractivity contribution in [3.63, 3.8) is 0 Å². The number of hydrogen-bond acceptors (Lipinski definition) is 6. The Morgan fingerprint density at radius 2 is 1.88 bits per heavy atom. The molecule has 0 bridgehead atoms. The van der Waals surface area contributed by atoms with Crippen molar-refractivity contribution in [3.8, 4) is 0 Å². The highest BCUT2D eigenvalue weighted by molar-refractivity contribution is 6.74. The van der Waals surface area contributed by atoms with Crippen LogP contribution in [0.1, 0.15) is 46.6 Å². The highest BCUT2D eigenvalue weighted by Crippen LogP contribution is 2.42. The molecular formula is C21H32ClN3O6Si. The molecule has 1 saturated heterocycles. The Morgan fingerprint density at radius 1 is 1.31 bits per heavy atom. The van der Waals surface area contributed by atoms with E-state index in [1.165, 1.54) is 36.1 Å². The van der Waals surface area contributed by atoms with Crippen molar-refractivity contribution in [1.29, 1.82) is 0 Å². The van der Waals surface area contributed by atoms with Gasteiger partial charge in [-0.2, -0.15) is 0 Å². The first-order valence-corrected chi connectivity index (χ1v) is 13.7. The van der Waals surface area contributed by atoms with E-state index in [0.29, 0.717) is 12.0 Å². The first kappa shape index (κ1) is 26.1. The lowest BCUT2D eigenvalue weighted by Crippen LogP contribution is -2.55. The highest BCUT2D eigenvalue weighted by Gasteiger charge is 2.53. The van der Waals surface area contributed by atoms with Gasteiger partial charge in [-0.25, -0.2) is 9.21 Å². The van der Waals surface area contributed by atoms with Gasteiger partial charge in [0.2, 0.25) is 5.91 Å². The summed E-state index contributed by atoms with van der Waals surface area (Å²) >= 11 is 6.32. The zero-order valence-corrected chi connectivity index (χ0v) is 21.4. The molecule has 1 aromatic rings. The van der Waals surface area contributed by atoms with E-state index >= 15 is 0 Å². The van der Waals surface area contributed by atoms with Gasteiger partial charge >= 0.3 is 6.09 Å². The zero-order chi connectivity index (χ0) is 24.5. The number of benzene rings is 1. The van der Waals surface area contributed by atoms with E-state index in [4.69, 9.17) is 20.9 Å². The molecule has 9 nitrogen and oxygen atoms in total. The summed E-state index contributed by atoms with van der Waals surface area (Å²) in [4.78, 5) is 36.8. The minimum Gasteiger partial charge on any atom is -0.444 e. The molecule has 0 saturated carbocycles. The number of carbonyl (C=O) groups excluding carboxylic acids is 2. The smallest absolute Gasteiger partial charge is 0.412 e. The molecule has 0 radical (unpaired) electrons. The summed E-state index contributed by atoms with van der Waals surface area (Å²) in [5.41, 5.74) is -0.558. The lowest BCUT2D eigenvalue weighted by atomic mass is 10.1. The Labute approximate surface area is 195 Å². The molecule has 11 heteroatoms. The number of nitro groups is 1. The number of carbonyl (C=O) groups is 2. The lowest BCUT2D eigenvalue weighted by molar-refractivity contribution is -0.384. The van der Waals surface area contributed by atoms with E-state index in [2.05, 4.69) is 33.9 Å². The maximum Gasteiger partial charge on any atom is 0.412 e. The van der Waals surface area contributed by atoms with E-state index in [-0.39, 0.29) is 30.0 Å². The number of amides is 2. The van der Waals surface area contributed by atoms with Gasteiger partial charge in [0.15, 0.2) is 8.32 Å². The third-order valence-electron chi connectivity index (χ3n) is 6.28. The van der Waals surface area contributed by atoms with Gasteiger partial charge in [0.25, 0.3) is 5.69 Å². The number of nitrogens with zero attached hydrogens (tertiary/aromatic N) is 3. The van der Waals surface area contributed by atoms with Crippen molar-refractivity contribution in [2.45, 2.75) is 77.5 Å². The molecule has 1 aliphatic rings. The van der Waals surface area contributed by atoms with Crippen molar-refractivity contribution in [3.05, 3.63) is 39.9 Å². The number of hydrogen-bond donors (Lipinski definition) is 0. The van der Waals surface area contributed by atoms with E-state index < -0.39 is 30.9 Å². The fraction of sp³-hybridized carbons (Fsp3) is 0.619. The molecule has 0 aliphatic carbocycles. The second kappa shape index (κ2) is 9.36. The van der Waals surface area contributed by atoms with Gasteiger partial charge in [-0.05, 0) is 42.8 Å². The zero-order valence-electron chi connectivity index (χ0n) is 19.7. The van der Waals surface area contributed by atoms with Gasteiger partial charge < -0.3 is 9.16 Å². The van der Waals surface area contributed by atoms with Crippen LogP contribution in [0.15, 0.2) is 24.3 Å². The fourth-order valence-electron chi connectivity index (χ4n) is 3.41. The van der Waals surface area contributed by atoms with Gasteiger partial charge in [-0.1, -0.05) is 20.8 Å². The highest BCUT2D eigenvalue weighted by atomic mass is 35.5. The van der Waals surface area contributed by atoms with E-state index in [0.717, 1.165) is 4.42 Å². The van der Waals surface area contributed by atoms with Gasteiger partial charge in [-0.3, -0.25) is 19.8 Å².